The van der Waals surface area contributed by atoms with Crippen LogP contribution in [0.3, 0.4) is 0 Å². The Kier molecular flexibility index (Phi) is 6.89. The number of halogens is 1. The fourth-order valence-corrected chi connectivity index (χ4v) is 1.78. The third-order valence-electron chi connectivity index (χ3n) is 2.66. The molecule has 15 heavy (non-hydrogen) atoms. The number of hydrogen-bond acceptors (Lipinski definition) is 3. The Labute approximate surface area is 97.2 Å². The van der Waals surface area contributed by atoms with Gasteiger partial charge in [0.15, 0.2) is 0 Å². The lowest BCUT2D eigenvalue weighted by Gasteiger charge is -2.27. The first kappa shape index (κ1) is 14.7. The standard InChI is InChI=1S/C10H20N2O2.ClH/c1-7-5-9(3-4-11-7)10(14)12-8(2)6-13;/h7-9,11,13H,3-6H2,1-2H3,(H,12,14);1H/t7-,8?,9-;/m0./s1. The quantitative estimate of drug-likeness (QED) is 0.660. The second-order valence-electron chi connectivity index (χ2n) is 4.17. The Morgan fingerprint density at radius 1 is 1.67 bits per heavy atom. The van der Waals surface area contributed by atoms with Gasteiger partial charge in [0, 0.05) is 18.0 Å². The summed E-state index contributed by atoms with van der Waals surface area (Å²) < 4.78 is 0. The van der Waals surface area contributed by atoms with E-state index < -0.39 is 0 Å². The summed E-state index contributed by atoms with van der Waals surface area (Å²) in [4.78, 5) is 11.7. The summed E-state index contributed by atoms with van der Waals surface area (Å²) in [7, 11) is 0. The highest BCUT2D eigenvalue weighted by Gasteiger charge is 2.25. The van der Waals surface area contributed by atoms with Gasteiger partial charge in [-0.2, -0.15) is 0 Å². The number of nitrogens with one attached hydrogen (secondary N) is 2. The lowest BCUT2D eigenvalue weighted by atomic mass is 9.92. The predicted molar refractivity (Wildman–Crippen MR) is 62.1 cm³/mol. The number of carbonyl (C=O) groups is 1. The topological polar surface area (TPSA) is 61.4 Å². The average Bonchev–Trinajstić information content (AvgIpc) is 2.17. The molecule has 0 aromatic rings. The van der Waals surface area contributed by atoms with Crippen molar-refractivity contribution >= 4 is 18.3 Å². The molecule has 1 aliphatic heterocycles. The maximum atomic E-state index is 11.7. The fraction of sp³-hybridized carbons (Fsp3) is 0.900. The van der Waals surface area contributed by atoms with E-state index in [-0.39, 0.29) is 36.9 Å². The lowest BCUT2D eigenvalue weighted by molar-refractivity contribution is -0.127. The van der Waals surface area contributed by atoms with Crippen LogP contribution in [-0.2, 0) is 4.79 Å². The van der Waals surface area contributed by atoms with Gasteiger partial charge in [0.1, 0.15) is 0 Å². The van der Waals surface area contributed by atoms with Crippen LogP contribution in [0.15, 0.2) is 0 Å². The van der Waals surface area contributed by atoms with Crippen molar-refractivity contribution in [3.63, 3.8) is 0 Å². The summed E-state index contributed by atoms with van der Waals surface area (Å²) in [6, 6.07) is 0.289. The number of hydrogen-bond donors (Lipinski definition) is 3. The number of rotatable bonds is 3. The number of carbonyl (C=O) groups excluding carboxylic acids is 1. The lowest BCUT2D eigenvalue weighted by Crippen LogP contribution is -2.45. The van der Waals surface area contributed by atoms with Crippen molar-refractivity contribution in [2.45, 2.75) is 38.8 Å². The van der Waals surface area contributed by atoms with Crippen molar-refractivity contribution in [2.75, 3.05) is 13.2 Å². The molecule has 0 aromatic heterocycles. The molecular weight excluding hydrogens is 216 g/mol. The van der Waals surface area contributed by atoms with E-state index in [4.69, 9.17) is 5.11 Å². The van der Waals surface area contributed by atoms with Crippen LogP contribution in [0.2, 0.25) is 0 Å². The summed E-state index contributed by atoms with van der Waals surface area (Å²) in [5.41, 5.74) is 0. The summed E-state index contributed by atoms with van der Waals surface area (Å²) >= 11 is 0. The summed E-state index contributed by atoms with van der Waals surface area (Å²) in [6.07, 6.45) is 1.79. The molecule has 1 amide bonds. The Morgan fingerprint density at radius 3 is 2.87 bits per heavy atom. The van der Waals surface area contributed by atoms with E-state index in [0.717, 1.165) is 19.4 Å². The normalized spacial score (nSPS) is 27.7. The summed E-state index contributed by atoms with van der Waals surface area (Å²) in [5, 5.41) is 14.9. The molecule has 5 heteroatoms. The maximum absolute atomic E-state index is 11.7. The van der Waals surface area contributed by atoms with Gasteiger partial charge in [0.2, 0.25) is 5.91 Å². The van der Waals surface area contributed by atoms with Crippen molar-refractivity contribution in [3.8, 4) is 0 Å². The van der Waals surface area contributed by atoms with Gasteiger partial charge in [0.05, 0.1) is 6.61 Å². The molecule has 1 aliphatic rings. The molecular formula is C10H21ClN2O2. The first-order valence-electron chi connectivity index (χ1n) is 5.28. The molecule has 0 bridgehead atoms. The molecule has 4 nitrogen and oxygen atoms in total. The summed E-state index contributed by atoms with van der Waals surface area (Å²) in [6.45, 7) is 4.82. The molecule has 1 fully saturated rings. The molecule has 1 heterocycles. The van der Waals surface area contributed by atoms with Crippen LogP contribution < -0.4 is 10.6 Å². The Bertz CT molecular complexity index is 202. The summed E-state index contributed by atoms with van der Waals surface area (Å²) in [5.74, 6) is 0.195. The molecule has 3 atom stereocenters. The zero-order valence-corrected chi connectivity index (χ0v) is 10.1. The zero-order valence-electron chi connectivity index (χ0n) is 9.32. The fourth-order valence-electron chi connectivity index (χ4n) is 1.78. The molecule has 0 aliphatic carbocycles. The van der Waals surface area contributed by atoms with Crippen LogP contribution in [-0.4, -0.2) is 36.2 Å². The minimum atomic E-state index is -0.132. The van der Waals surface area contributed by atoms with E-state index in [2.05, 4.69) is 17.6 Å². The largest absolute Gasteiger partial charge is 0.394 e. The highest BCUT2D eigenvalue weighted by molar-refractivity contribution is 5.85. The van der Waals surface area contributed by atoms with Crippen LogP contribution in [0.4, 0.5) is 0 Å². The van der Waals surface area contributed by atoms with Gasteiger partial charge in [0.25, 0.3) is 0 Å². The minimum absolute atomic E-state index is 0. The molecule has 1 rings (SSSR count). The smallest absolute Gasteiger partial charge is 0.223 e. The van der Waals surface area contributed by atoms with Crippen molar-refractivity contribution < 1.29 is 9.90 Å². The van der Waals surface area contributed by atoms with E-state index >= 15 is 0 Å². The van der Waals surface area contributed by atoms with E-state index in [0.29, 0.717) is 6.04 Å². The maximum Gasteiger partial charge on any atom is 0.223 e. The Hall–Kier alpha value is -0.320. The van der Waals surface area contributed by atoms with Gasteiger partial charge in [-0.25, -0.2) is 0 Å². The van der Waals surface area contributed by atoms with Gasteiger partial charge in [-0.1, -0.05) is 0 Å². The van der Waals surface area contributed by atoms with Crippen LogP contribution in [0.5, 0.6) is 0 Å². The van der Waals surface area contributed by atoms with E-state index in [9.17, 15) is 4.79 Å². The molecule has 1 unspecified atom stereocenters. The van der Waals surface area contributed by atoms with Gasteiger partial charge in [-0.05, 0) is 33.2 Å². The molecule has 0 spiro atoms. The highest BCUT2D eigenvalue weighted by Crippen LogP contribution is 2.15. The second-order valence-corrected chi connectivity index (χ2v) is 4.17. The number of aliphatic hydroxyl groups is 1. The molecule has 0 aromatic carbocycles. The molecule has 90 valence electrons. The van der Waals surface area contributed by atoms with E-state index in [1.807, 2.05) is 6.92 Å². The van der Waals surface area contributed by atoms with Gasteiger partial charge < -0.3 is 15.7 Å². The van der Waals surface area contributed by atoms with Crippen LogP contribution in [0.1, 0.15) is 26.7 Å². The third-order valence-corrected chi connectivity index (χ3v) is 2.66. The predicted octanol–water partition coefficient (Wildman–Crippen LogP) is 0.293. The first-order chi connectivity index (χ1) is 6.63. The van der Waals surface area contributed by atoms with Crippen LogP contribution in [0, 0.1) is 5.92 Å². The monoisotopic (exact) mass is 236 g/mol. The van der Waals surface area contributed by atoms with Gasteiger partial charge in [-0.3, -0.25) is 4.79 Å². The minimum Gasteiger partial charge on any atom is -0.394 e. The molecule has 3 N–H and O–H groups in total. The highest BCUT2D eigenvalue weighted by atomic mass is 35.5. The van der Waals surface area contributed by atoms with Crippen molar-refractivity contribution in [1.29, 1.82) is 0 Å². The average molecular weight is 237 g/mol. The zero-order chi connectivity index (χ0) is 10.6. The SMILES string of the molecule is CC(CO)NC(=O)[C@H]1CCN[C@@H](C)C1.Cl. The van der Waals surface area contributed by atoms with Crippen molar-refractivity contribution in [2.24, 2.45) is 5.92 Å². The van der Waals surface area contributed by atoms with Gasteiger partial charge in [-0.15, -0.1) is 12.4 Å². The van der Waals surface area contributed by atoms with E-state index in [1.165, 1.54) is 0 Å². The van der Waals surface area contributed by atoms with Crippen molar-refractivity contribution in [3.05, 3.63) is 0 Å². The van der Waals surface area contributed by atoms with E-state index in [1.54, 1.807) is 0 Å². The van der Waals surface area contributed by atoms with Gasteiger partial charge >= 0.3 is 0 Å². The van der Waals surface area contributed by atoms with Crippen molar-refractivity contribution in [1.82, 2.24) is 10.6 Å². The number of piperidine rings is 1. The van der Waals surface area contributed by atoms with Crippen LogP contribution >= 0.6 is 12.4 Å². The first-order valence-corrected chi connectivity index (χ1v) is 5.28. The number of aliphatic hydroxyl groups excluding tert-OH is 1. The van der Waals surface area contributed by atoms with Crippen LogP contribution in [0.25, 0.3) is 0 Å². The Morgan fingerprint density at radius 2 is 2.33 bits per heavy atom. The molecule has 0 radical (unpaired) electrons. The molecule has 0 saturated carbocycles. The third kappa shape index (κ3) is 4.82. The number of amides is 1. The second kappa shape index (κ2) is 7.04. The molecule has 1 saturated heterocycles. The Balaban J connectivity index is 0.00000196.